The SMILES string of the molecule is O=C(NC1CCOc2ccc(Br)cc21)C1CCCN1C(=O)C1CCCCC1. The van der Waals surface area contributed by atoms with E-state index in [4.69, 9.17) is 4.74 Å². The first-order chi connectivity index (χ1) is 13.1. The Morgan fingerprint density at radius 2 is 1.89 bits per heavy atom. The summed E-state index contributed by atoms with van der Waals surface area (Å²) in [5.74, 6) is 1.13. The number of nitrogens with zero attached hydrogens (tertiary/aromatic N) is 1. The summed E-state index contributed by atoms with van der Waals surface area (Å²) in [5.41, 5.74) is 1.01. The molecule has 3 aliphatic rings. The summed E-state index contributed by atoms with van der Waals surface area (Å²) in [4.78, 5) is 27.9. The quantitative estimate of drug-likeness (QED) is 0.782. The lowest BCUT2D eigenvalue weighted by atomic mass is 9.88. The van der Waals surface area contributed by atoms with Gasteiger partial charge in [-0.2, -0.15) is 0 Å². The van der Waals surface area contributed by atoms with Crippen LogP contribution in [0.4, 0.5) is 0 Å². The summed E-state index contributed by atoms with van der Waals surface area (Å²) in [6.07, 6.45) is 7.87. The maximum Gasteiger partial charge on any atom is 0.243 e. The van der Waals surface area contributed by atoms with Gasteiger partial charge in [0.15, 0.2) is 0 Å². The van der Waals surface area contributed by atoms with Crippen LogP contribution in [-0.4, -0.2) is 35.9 Å². The molecule has 1 saturated heterocycles. The molecule has 0 bridgehead atoms. The molecule has 1 aromatic carbocycles. The number of amides is 2. The lowest BCUT2D eigenvalue weighted by molar-refractivity contribution is -0.142. The monoisotopic (exact) mass is 434 g/mol. The molecule has 1 saturated carbocycles. The van der Waals surface area contributed by atoms with Crippen LogP contribution in [0.15, 0.2) is 22.7 Å². The number of ether oxygens (including phenoxy) is 1. The number of fused-ring (bicyclic) bond motifs is 1. The highest BCUT2D eigenvalue weighted by Gasteiger charge is 2.38. The van der Waals surface area contributed by atoms with Gasteiger partial charge in [0, 0.05) is 28.9 Å². The number of halogens is 1. The number of hydrogen-bond acceptors (Lipinski definition) is 3. The molecule has 5 nitrogen and oxygen atoms in total. The average Bonchev–Trinajstić information content (AvgIpc) is 3.18. The Bertz CT molecular complexity index is 717. The predicted molar refractivity (Wildman–Crippen MR) is 106 cm³/mol. The van der Waals surface area contributed by atoms with E-state index in [-0.39, 0.29) is 29.8 Å². The molecule has 2 aliphatic heterocycles. The molecule has 1 aromatic rings. The molecule has 0 aromatic heterocycles. The van der Waals surface area contributed by atoms with Gasteiger partial charge in [0.25, 0.3) is 0 Å². The maximum atomic E-state index is 13.0. The predicted octanol–water partition coefficient (Wildman–Crippen LogP) is 3.96. The van der Waals surface area contributed by atoms with Crippen LogP contribution in [-0.2, 0) is 9.59 Å². The number of carbonyl (C=O) groups is 2. The van der Waals surface area contributed by atoms with Gasteiger partial charge in [0.1, 0.15) is 11.8 Å². The van der Waals surface area contributed by atoms with Crippen molar-refractivity contribution in [1.82, 2.24) is 10.2 Å². The number of rotatable bonds is 3. The molecular weight excluding hydrogens is 408 g/mol. The zero-order valence-electron chi connectivity index (χ0n) is 15.6. The fourth-order valence-electron chi connectivity index (χ4n) is 4.67. The zero-order valence-corrected chi connectivity index (χ0v) is 17.2. The van der Waals surface area contributed by atoms with E-state index < -0.39 is 0 Å². The Morgan fingerprint density at radius 1 is 1.07 bits per heavy atom. The lowest BCUT2D eigenvalue weighted by Crippen LogP contribution is -2.49. The molecule has 2 amide bonds. The van der Waals surface area contributed by atoms with Crippen LogP contribution < -0.4 is 10.1 Å². The molecule has 1 aliphatic carbocycles. The van der Waals surface area contributed by atoms with Gasteiger partial charge in [-0.3, -0.25) is 9.59 Å². The first kappa shape index (κ1) is 18.8. The minimum absolute atomic E-state index is 0.0190. The first-order valence-electron chi connectivity index (χ1n) is 10.2. The van der Waals surface area contributed by atoms with Crippen molar-refractivity contribution >= 4 is 27.7 Å². The second-order valence-electron chi connectivity index (χ2n) is 7.91. The molecule has 0 spiro atoms. The molecule has 4 rings (SSSR count). The van der Waals surface area contributed by atoms with Gasteiger partial charge in [0.05, 0.1) is 12.6 Å². The first-order valence-corrected chi connectivity index (χ1v) is 11.0. The number of hydrogen-bond donors (Lipinski definition) is 1. The fraction of sp³-hybridized carbons (Fsp3) is 0.619. The Morgan fingerprint density at radius 3 is 2.70 bits per heavy atom. The van der Waals surface area contributed by atoms with Crippen molar-refractivity contribution in [1.29, 1.82) is 0 Å². The van der Waals surface area contributed by atoms with Crippen molar-refractivity contribution in [3.63, 3.8) is 0 Å². The summed E-state index contributed by atoms with van der Waals surface area (Å²) in [6, 6.07) is 5.51. The van der Waals surface area contributed by atoms with Crippen LogP contribution >= 0.6 is 15.9 Å². The van der Waals surface area contributed by atoms with Crippen molar-refractivity contribution in [2.45, 2.75) is 63.5 Å². The fourth-order valence-corrected chi connectivity index (χ4v) is 5.05. The Labute approximate surface area is 169 Å². The van der Waals surface area contributed by atoms with Crippen molar-refractivity contribution in [3.8, 4) is 5.75 Å². The Balaban J connectivity index is 1.45. The van der Waals surface area contributed by atoms with Crippen molar-refractivity contribution in [2.24, 2.45) is 5.92 Å². The van der Waals surface area contributed by atoms with Crippen LogP contribution in [0.25, 0.3) is 0 Å². The summed E-state index contributed by atoms with van der Waals surface area (Å²) >= 11 is 3.50. The van der Waals surface area contributed by atoms with Gasteiger partial charge in [-0.15, -0.1) is 0 Å². The second-order valence-corrected chi connectivity index (χ2v) is 8.82. The van der Waals surface area contributed by atoms with Gasteiger partial charge >= 0.3 is 0 Å². The maximum absolute atomic E-state index is 13.0. The third-order valence-electron chi connectivity index (χ3n) is 6.12. The molecule has 146 valence electrons. The summed E-state index contributed by atoms with van der Waals surface area (Å²) < 4.78 is 6.69. The third-order valence-corrected chi connectivity index (χ3v) is 6.61. The topological polar surface area (TPSA) is 58.6 Å². The molecular formula is C21H27BrN2O3. The molecule has 2 atom stereocenters. The second kappa shape index (κ2) is 8.21. The van der Waals surface area contributed by atoms with E-state index in [1.165, 1.54) is 6.42 Å². The number of nitrogens with one attached hydrogen (secondary N) is 1. The van der Waals surface area contributed by atoms with Gasteiger partial charge in [-0.1, -0.05) is 35.2 Å². The van der Waals surface area contributed by atoms with Crippen LogP contribution in [0.1, 0.15) is 63.0 Å². The van der Waals surface area contributed by atoms with Crippen molar-refractivity contribution < 1.29 is 14.3 Å². The third kappa shape index (κ3) is 4.00. The summed E-state index contributed by atoms with van der Waals surface area (Å²) in [5, 5.41) is 3.20. The molecule has 27 heavy (non-hydrogen) atoms. The van der Waals surface area contributed by atoms with Crippen LogP contribution in [0.5, 0.6) is 5.75 Å². The van der Waals surface area contributed by atoms with E-state index in [1.54, 1.807) is 0 Å². The highest BCUT2D eigenvalue weighted by molar-refractivity contribution is 9.10. The lowest BCUT2D eigenvalue weighted by Gasteiger charge is -2.32. The zero-order chi connectivity index (χ0) is 18.8. The largest absolute Gasteiger partial charge is 0.493 e. The van der Waals surface area contributed by atoms with Crippen molar-refractivity contribution in [2.75, 3.05) is 13.2 Å². The number of benzene rings is 1. The van der Waals surface area contributed by atoms with Gasteiger partial charge < -0.3 is 15.0 Å². The minimum Gasteiger partial charge on any atom is -0.493 e. The Hall–Kier alpha value is -1.56. The normalized spacial score (nSPS) is 25.6. The van der Waals surface area contributed by atoms with E-state index in [0.29, 0.717) is 13.2 Å². The van der Waals surface area contributed by atoms with E-state index in [0.717, 1.165) is 60.7 Å². The highest BCUT2D eigenvalue weighted by Crippen LogP contribution is 2.35. The molecule has 2 unspecified atom stereocenters. The average molecular weight is 435 g/mol. The number of carbonyl (C=O) groups excluding carboxylic acids is 2. The summed E-state index contributed by atoms with van der Waals surface area (Å²) in [6.45, 7) is 1.30. The molecule has 0 radical (unpaired) electrons. The minimum atomic E-state index is -0.321. The molecule has 1 N–H and O–H groups in total. The van der Waals surface area contributed by atoms with E-state index >= 15 is 0 Å². The van der Waals surface area contributed by atoms with Crippen molar-refractivity contribution in [3.05, 3.63) is 28.2 Å². The standard InChI is InChI=1S/C21H27BrN2O3/c22-15-8-9-19-16(13-15)17(10-12-27-19)23-20(25)18-7-4-11-24(18)21(26)14-5-2-1-3-6-14/h8-9,13-14,17-18H,1-7,10-12H2,(H,23,25). The van der Waals surface area contributed by atoms with E-state index in [1.807, 2.05) is 23.1 Å². The smallest absolute Gasteiger partial charge is 0.243 e. The van der Waals surface area contributed by atoms with Gasteiger partial charge in [-0.05, 0) is 43.9 Å². The highest BCUT2D eigenvalue weighted by atomic mass is 79.9. The van der Waals surface area contributed by atoms with Crippen LogP contribution in [0.3, 0.4) is 0 Å². The van der Waals surface area contributed by atoms with E-state index in [2.05, 4.69) is 21.2 Å². The molecule has 2 heterocycles. The Kier molecular flexibility index (Phi) is 5.71. The van der Waals surface area contributed by atoms with Gasteiger partial charge in [0.2, 0.25) is 11.8 Å². The van der Waals surface area contributed by atoms with E-state index in [9.17, 15) is 9.59 Å². The number of likely N-dealkylation sites (tertiary alicyclic amines) is 1. The van der Waals surface area contributed by atoms with Crippen LogP contribution in [0, 0.1) is 5.92 Å². The molecule has 6 heteroatoms. The molecule has 2 fully saturated rings. The summed E-state index contributed by atoms with van der Waals surface area (Å²) in [7, 11) is 0. The van der Waals surface area contributed by atoms with Crippen LogP contribution in [0.2, 0.25) is 0 Å². The van der Waals surface area contributed by atoms with Gasteiger partial charge in [-0.25, -0.2) is 0 Å².